The highest BCUT2D eigenvalue weighted by molar-refractivity contribution is 7.98. The molecule has 10 nitrogen and oxygen atoms in total. The van der Waals surface area contributed by atoms with Gasteiger partial charge in [-0.1, -0.05) is 23.0 Å². The van der Waals surface area contributed by atoms with Gasteiger partial charge >= 0.3 is 12.6 Å². The Morgan fingerprint density at radius 3 is 2.62 bits per heavy atom. The molecule has 6 aromatic rings. The quantitative estimate of drug-likeness (QED) is 0.111. The Morgan fingerprint density at radius 1 is 1.02 bits per heavy atom. The fourth-order valence-corrected chi connectivity index (χ4v) is 5.60. The van der Waals surface area contributed by atoms with E-state index in [9.17, 15) is 22.8 Å². The minimum atomic E-state index is -2.92. The molecule has 0 saturated heterocycles. The van der Waals surface area contributed by atoms with Gasteiger partial charge in [-0.3, -0.25) is 14.2 Å². The van der Waals surface area contributed by atoms with E-state index < -0.39 is 18.4 Å². The number of fused-ring (bicyclic) bond motifs is 2. The van der Waals surface area contributed by atoms with Crippen LogP contribution in [0.15, 0.2) is 81.2 Å². The van der Waals surface area contributed by atoms with Gasteiger partial charge in [0.25, 0.3) is 5.56 Å². The first-order valence-corrected chi connectivity index (χ1v) is 14.8. The molecule has 0 saturated carbocycles. The maximum absolute atomic E-state index is 13.6. The lowest BCUT2D eigenvalue weighted by Crippen LogP contribution is -2.24. The van der Waals surface area contributed by atoms with Crippen LogP contribution in [0.4, 0.5) is 13.2 Å². The third-order valence-electron chi connectivity index (χ3n) is 6.93. The maximum atomic E-state index is 13.6. The topological polar surface area (TPSA) is 136 Å². The molecule has 6 rings (SSSR count). The Morgan fingerprint density at radius 2 is 1.84 bits per heavy atom. The zero-order valence-electron chi connectivity index (χ0n) is 23.4. The second-order valence-electron chi connectivity index (χ2n) is 10.0. The molecular formula is C31H24F3N5O5S. The summed E-state index contributed by atoms with van der Waals surface area (Å²) < 4.78 is 50.1. The summed E-state index contributed by atoms with van der Waals surface area (Å²) in [5, 5.41) is 14.1. The number of alkyl halides is 2. The summed E-state index contributed by atoms with van der Waals surface area (Å²) in [6, 6.07) is 16.9. The molecule has 230 valence electrons. The van der Waals surface area contributed by atoms with E-state index in [2.05, 4.69) is 19.9 Å². The Kier molecular flexibility index (Phi) is 8.56. The van der Waals surface area contributed by atoms with Crippen molar-refractivity contribution in [2.75, 3.05) is 0 Å². The number of carboxylic acid groups (broad SMARTS) is 1. The van der Waals surface area contributed by atoms with Gasteiger partial charge in [-0.15, -0.1) is 0 Å². The summed E-state index contributed by atoms with van der Waals surface area (Å²) in [6.45, 7) is -2.92. The first kappa shape index (κ1) is 29.9. The van der Waals surface area contributed by atoms with Gasteiger partial charge in [-0.2, -0.15) is 8.78 Å². The Bertz CT molecular complexity index is 2060. The predicted octanol–water partition coefficient (Wildman–Crippen LogP) is 6.75. The van der Waals surface area contributed by atoms with Crippen LogP contribution in [-0.4, -0.2) is 42.4 Å². The van der Waals surface area contributed by atoms with Gasteiger partial charge in [-0.25, -0.2) is 14.4 Å². The number of imidazole rings is 1. The van der Waals surface area contributed by atoms with E-state index in [-0.39, 0.29) is 17.7 Å². The molecule has 0 aliphatic rings. The molecule has 45 heavy (non-hydrogen) atoms. The van der Waals surface area contributed by atoms with Crippen molar-refractivity contribution < 1.29 is 32.3 Å². The number of aryl methyl sites for hydroxylation is 1. The van der Waals surface area contributed by atoms with E-state index in [1.807, 2.05) is 0 Å². The number of nitrogens with one attached hydrogen (secondary N) is 1. The number of aromatic amines is 1. The number of carbonyl (C=O) groups is 1. The lowest BCUT2D eigenvalue weighted by Gasteiger charge is -2.14. The Hall–Kier alpha value is -5.11. The number of hydrogen-bond acceptors (Lipinski definition) is 8. The molecule has 0 unspecified atom stereocenters. The van der Waals surface area contributed by atoms with E-state index in [1.165, 1.54) is 52.7 Å². The zero-order valence-corrected chi connectivity index (χ0v) is 24.2. The summed E-state index contributed by atoms with van der Waals surface area (Å²) >= 11 is 1.34. The number of unbranched alkanes of at least 4 members (excludes halogenated alkanes) is 1. The van der Waals surface area contributed by atoms with Crippen molar-refractivity contribution in [1.29, 1.82) is 0 Å². The normalized spacial score (nSPS) is 11.6. The van der Waals surface area contributed by atoms with Gasteiger partial charge in [0.15, 0.2) is 5.16 Å². The van der Waals surface area contributed by atoms with E-state index in [1.54, 1.807) is 30.3 Å². The average molecular weight is 636 g/mol. The summed E-state index contributed by atoms with van der Waals surface area (Å²) in [7, 11) is 0. The molecule has 2 N–H and O–H groups in total. The molecule has 3 aromatic heterocycles. The highest BCUT2D eigenvalue weighted by atomic mass is 32.2. The predicted molar refractivity (Wildman–Crippen MR) is 160 cm³/mol. The number of aromatic nitrogens is 5. The molecule has 0 aliphatic carbocycles. The van der Waals surface area contributed by atoms with Gasteiger partial charge in [0, 0.05) is 30.5 Å². The molecule has 3 aromatic carbocycles. The molecule has 3 heterocycles. The monoisotopic (exact) mass is 635 g/mol. The SMILES string of the molecule is O=C(O)CCCCc1nc2cc(-c3cc(CSc4nc5cc(OC(F)F)ccc5[nH]4)on3)ccc2c(=O)n1-c1ccc(F)cc1. The van der Waals surface area contributed by atoms with E-state index in [0.717, 1.165) is 0 Å². The smallest absolute Gasteiger partial charge is 0.387 e. The number of benzene rings is 3. The number of halogens is 3. The lowest BCUT2D eigenvalue weighted by atomic mass is 10.1. The number of nitrogens with zero attached hydrogens (tertiary/aromatic N) is 4. The lowest BCUT2D eigenvalue weighted by molar-refractivity contribution is -0.137. The maximum Gasteiger partial charge on any atom is 0.387 e. The van der Waals surface area contributed by atoms with Crippen LogP contribution in [0.25, 0.3) is 38.9 Å². The van der Waals surface area contributed by atoms with Crippen molar-refractivity contribution in [2.24, 2.45) is 0 Å². The zero-order chi connectivity index (χ0) is 31.5. The second kappa shape index (κ2) is 12.9. The van der Waals surface area contributed by atoms with Gasteiger partial charge in [0.2, 0.25) is 0 Å². The first-order chi connectivity index (χ1) is 21.7. The minimum absolute atomic E-state index is 0.00116. The minimum Gasteiger partial charge on any atom is -0.481 e. The van der Waals surface area contributed by atoms with Crippen LogP contribution in [0.5, 0.6) is 5.75 Å². The molecular weight excluding hydrogens is 611 g/mol. The third kappa shape index (κ3) is 6.85. The van der Waals surface area contributed by atoms with Crippen LogP contribution in [0.1, 0.15) is 30.8 Å². The molecule has 0 radical (unpaired) electrons. The van der Waals surface area contributed by atoms with E-state index in [4.69, 9.17) is 14.6 Å². The molecule has 14 heteroatoms. The number of hydrogen-bond donors (Lipinski definition) is 2. The molecule has 0 spiro atoms. The number of H-pyrrole nitrogens is 1. The van der Waals surface area contributed by atoms with Crippen LogP contribution in [-0.2, 0) is 17.0 Å². The van der Waals surface area contributed by atoms with Crippen LogP contribution >= 0.6 is 11.8 Å². The van der Waals surface area contributed by atoms with Crippen molar-refractivity contribution >= 4 is 39.7 Å². The van der Waals surface area contributed by atoms with Crippen molar-refractivity contribution in [3.8, 4) is 22.7 Å². The number of rotatable bonds is 12. The fourth-order valence-electron chi connectivity index (χ4n) is 4.84. The van der Waals surface area contributed by atoms with Crippen LogP contribution in [0.3, 0.4) is 0 Å². The van der Waals surface area contributed by atoms with Crippen molar-refractivity contribution in [1.82, 2.24) is 24.7 Å². The van der Waals surface area contributed by atoms with Gasteiger partial charge in [-0.05, 0) is 61.4 Å². The summed E-state index contributed by atoms with van der Waals surface area (Å²) in [5.74, 6) is 0.0366. The standard InChI is InChI=1S/C31H24F3N5O5S/c32-18-6-8-19(9-7-18)39-27(3-1-2-4-28(40)41)35-25-13-17(5-11-22(25)29(39)42)24-15-21(44-38-24)16-45-31-36-23-12-10-20(43-30(33)34)14-26(23)37-31/h5-15,30H,1-4,16H2,(H,36,37)(H,40,41). The Labute approximate surface area is 256 Å². The number of thioether (sulfide) groups is 1. The van der Waals surface area contributed by atoms with Crippen molar-refractivity contribution in [3.05, 3.63) is 94.5 Å². The van der Waals surface area contributed by atoms with Crippen molar-refractivity contribution in [3.63, 3.8) is 0 Å². The van der Waals surface area contributed by atoms with Crippen LogP contribution < -0.4 is 10.3 Å². The van der Waals surface area contributed by atoms with E-state index >= 15 is 0 Å². The summed E-state index contributed by atoms with van der Waals surface area (Å²) in [6.07, 6.45) is 1.24. The highest BCUT2D eigenvalue weighted by Gasteiger charge is 2.16. The number of aliphatic carboxylic acids is 1. The van der Waals surface area contributed by atoms with Crippen LogP contribution in [0, 0.1) is 5.82 Å². The van der Waals surface area contributed by atoms with Crippen LogP contribution in [0.2, 0.25) is 0 Å². The first-order valence-electron chi connectivity index (χ1n) is 13.8. The third-order valence-corrected chi connectivity index (χ3v) is 7.82. The second-order valence-corrected chi connectivity index (χ2v) is 11.0. The number of carboxylic acids is 1. The summed E-state index contributed by atoms with van der Waals surface area (Å²) in [4.78, 5) is 36.9. The van der Waals surface area contributed by atoms with Gasteiger partial charge < -0.3 is 19.4 Å². The number of ether oxygens (including phenoxy) is 1. The van der Waals surface area contributed by atoms with E-state index in [0.29, 0.717) is 80.6 Å². The molecule has 0 amide bonds. The molecule has 0 fully saturated rings. The van der Waals surface area contributed by atoms with Crippen molar-refractivity contribution in [2.45, 2.75) is 43.2 Å². The molecule has 0 aliphatic heterocycles. The Balaban J connectivity index is 1.24. The van der Waals surface area contributed by atoms with Gasteiger partial charge in [0.1, 0.15) is 28.8 Å². The fraction of sp³-hybridized carbons (Fsp3) is 0.194. The average Bonchev–Trinajstić information content (AvgIpc) is 3.65. The molecule has 0 bridgehead atoms. The highest BCUT2D eigenvalue weighted by Crippen LogP contribution is 2.29. The largest absolute Gasteiger partial charge is 0.481 e. The molecule has 0 atom stereocenters. The summed E-state index contributed by atoms with van der Waals surface area (Å²) in [5.41, 5.74) is 2.90. The van der Waals surface area contributed by atoms with Gasteiger partial charge in [0.05, 0.1) is 33.4 Å².